The van der Waals surface area contributed by atoms with E-state index in [1.54, 1.807) is 7.11 Å². The maximum atomic E-state index is 13.8. The lowest BCUT2D eigenvalue weighted by Crippen LogP contribution is -1.98. The van der Waals surface area contributed by atoms with Gasteiger partial charge in [0.05, 0.1) is 18.7 Å². The van der Waals surface area contributed by atoms with Crippen molar-refractivity contribution in [3.05, 3.63) is 52.3 Å². The largest absolute Gasteiger partial charge is 0.497 e. The van der Waals surface area contributed by atoms with E-state index in [2.05, 4.69) is 15.9 Å². The first kappa shape index (κ1) is 14.7. The first-order chi connectivity index (χ1) is 9.63. The summed E-state index contributed by atoms with van der Waals surface area (Å²) in [4.78, 5) is 0. The Morgan fingerprint density at radius 3 is 2.30 bits per heavy atom. The van der Waals surface area contributed by atoms with Gasteiger partial charge in [-0.25, -0.2) is 4.39 Å². The van der Waals surface area contributed by atoms with E-state index >= 15 is 0 Å². The predicted octanol–water partition coefficient (Wildman–Crippen LogP) is 4.18. The number of hydrogen-bond acceptors (Lipinski definition) is 3. The zero-order valence-electron chi connectivity index (χ0n) is 11.2. The van der Waals surface area contributed by atoms with Crippen LogP contribution in [0.1, 0.15) is 5.56 Å². The quantitative estimate of drug-likeness (QED) is 0.816. The van der Waals surface area contributed by atoms with Crippen molar-refractivity contribution in [2.24, 2.45) is 0 Å². The summed E-state index contributed by atoms with van der Waals surface area (Å²) in [5, 5.41) is 0. The molecule has 0 unspecified atom stereocenters. The molecule has 2 aromatic rings. The Balaban J connectivity index is 2.09. The second-order valence-electron chi connectivity index (χ2n) is 4.05. The molecule has 0 bridgehead atoms. The van der Waals surface area contributed by atoms with Crippen LogP contribution >= 0.6 is 15.9 Å². The lowest BCUT2D eigenvalue weighted by atomic mass is 10.2. The van der Waals surface area contributed by atoms with Crippen LogP contribution < -0.4 is 14.2 Å². The van der Waals surface area contributed by atoms with Crippen molar-refractivity contribution in [2.75, 3.05) is 14.2 Å². The molecule has 2 rings (SSSR count). The van der Waals surface area contributed by atoms with Crippen LogP contribution in [0.3, 0.4) is 0 Å². The number of halogens is 2. The third-order valence-electron chi connectivity index (χ3n) is 2.76. The van der Waals surface area contributed by atoms with Crippen LogP contribution in [-0.4, -0.2) is 14.2 Å². The lowest BCUT2D eigenvalue weighted by molar-refractivity contribution is 0.287. The van der Waals surface area contributed by atoms with E-state index in [4.69, 9.17) is 14.2 Å². The van der Waals surface area contributed by atoms with Gasteiger partial charge in [-0.05, 0) is 39.7 Å². The van der Waals surface area contributed by atoms with Crippen LogP contribution in [0, 0.1) is 5.82 Å². The zero-order chi connectivity index (χ0) is 14.5. The monoisotopic (exact) mass is 340 g/mol. The summed E-state index contributed by atoms with van der Waals surface area (Å²) in [6, 6.07) is 10.2. The first-order valence-corrected chi connectivity index (χ1v) is 6.72. The van der Waals surface area contributed by atoms with Crippen molar-refractivity contribution < 1.29 is 18.6 Å². The number of methoxy groups -OCH3 is 2. The maximum absolute atomic E-state index is 13.8. The van der Waals surface area contributed by atoms with E-state index in [-0.39, 0.29) is 12.4 Å². The van der Waals surface area contributed by atoms with Crippen LogP contribution in [0.4, 0.5) is 4.39 Å². The standard InChI is InChI=1S/C15H14BrFO3/c1-18-11-5-3-10(4-6-11)9-20-15-8-14(19-2)12(16)7-13(15)17/h3-8H,9H2,1-2H3. The second kappa shape index (κ2) is 6.61. The molecule has 0 aliphatic carbocycles. The number of hydrogen-bond donors (Lipinski definition) is 0. The molecule has 0 aliphatic heterocycles. The highest BCUT2D eigenvalue weighted by atomic mass is 79.9. The van der Waals surface area contributed by atoms with Crippen LogP contribution in [0.25, 0.3) is 0 Å². The van der Waals surface area contributed by atoms with Crippen molar-refractivity contribution in [3.63, 3.8) is 0 Å². The van der Waals surface area contributed by atoms with E-state index < -0.39 is 5.82 Å². The Hall–Kier alpha value is -1.75. The Morgan fingerprint density at radius 1 is 1.00 bits per heavy atom. The molecule has 0 fully saturated rings. The topological polar surface area (TPSA) is 27.7 Å². The third kappa shape index (κ3) is 3.42. The summed E-state index contributed by atoms with van der Waals surface area (Å²) in [6.45, 7) is 0.270. The van der Waals surface area contributed by atoms with Gasteiger partial charge >= 0.3 is 0 Å². The smallest absolute Gasteiger partial charge is 0.166 e. The first-order valence-electron chi connectivity index (χ1n) is 5.93. The van der Waals surface area contributed by atoms with Gasteiger partial charge in [0.1, 0.15) is 18.1 Å². The minimum absolute atomic E-state index is 0.154. The van der Waals surface area contributed by atoms with Crippen molar-refractivity contribution in [3.8, 4) is 17.2 Å². The van der Waals surface area contributed by atoms with Crippen molar-refractivity contribution in [2.45, 2.75) is 6.61 Å². The maximum Gasteiger partial charge on any atom is 0.166 e. The van der Waals surface area contributed by atoms with Crippen LogP contribution in [0.2, 0.25) is 0 Å². The Bertz CT molecular complexity index is 584. The molecule has 20 heavy (non-hydrogen) atoms. The van der Waals surface area contributed by atoms with Gasteiger partial charge < -0.3 is 14.2 Å². The fourth-order valence-electron chi connectivity index (χ4n) is 1.66. The molecule has 0 spiro atoms. The minimum Gasteiger partial charge on any atom is -0.497 e. The van der Waals surface area contributed by atoms with Gasteiger partial charge in [-0.2, -0.15) is 0 Å². The predicted molar refractivity (Wildman–Crippen MR) is 78.0 cm³/mol. The molecule has 3 nitrogen and oxygen atoms in total. The molecular weight excluding hydrogens is 327 g/mol. The third-order valence-corrected chi connectivity index (χ3v) is 3.38. The molecule has 0 saturated carbocycles. The van der Waals surface area contributed by atoms with Gasteiger partial charge in [0, 0.05) is 6.07 Å². The molecular formula is C15H14BrFO3. The van der Waals surface area contributed by atoms with Crippen molar-refractivity contribution >= 4 is 15.9 Å². The highest BCUT2D eigenvalue weighted by Gasteiger charge is 2.10. The number of rotatable bonds is 5. The van der Waals surface area contributed by atoms with Gasteiger partial charge in [-0.1, -0.05) is 12.1 Å². The summed E-state index contributed by atoms with van der Waals surface area (Å²) < 4.78 is 30.0. The zero-order valence-corrected chi connectivity index (χ0v) is 12.7. The number of ether oxygens (including phenoxy) is 3. The lowest BCUT2D eigenvalue weighted by Gasteiger charge is -2.10. The fourth-order valence-corrected chi connectivity index (χ4v) is 2.14. The Morgan fingerprint density at radius 2 is 1.70 bits per heavy atom. The van der Waals surface area contributed by atoms with Gasteiger partial charge in [-0.15, -0.1) is 0 Å². The summed E-state index contributed by atoms with van der Waals surface area (Å²) in [5.41, 5.74) is 0.923. The molecule has 2 aromatic carbocycles. The summed E-state index contributed by atoms with van der Waals surface area (Å²) in [6.07, 6.45) is 0. The molecule has 0 N–H and O–H groups in total. The van der Waals surface area contributed by atoms with Gasteiger partial charge in [0.25, 0.3) is 0 Å². The van der Waals surface area contributed by atoms with Crippen molar-refractivity contribution in [1.29, 1.82) is 0 Å². The van der Waals surface area contributed by atoms with E-state index in [1.165, 1.54) is 19.2 Å². The molecule has 5 heteroatoms. The van der Waals surface area contributed by atoms with Gasteiger partial charge in [0.2, 0.25) is 0 Å². The molecule has 0 aliphatic rings. The van der Waals surface area contributed by atoms with Crippen LogP contribution in [0.5, 0.6) is 17.2 Å². The molecule has 0 saturated heterocycles. The summed E-state index contributed by atoms with van der Waals surface area (Å²) in [7, 11) is 3.13. The molecule has 106 valence electrons. The summed E-state index contributed by atoms with van der Waals surface area (Å²) >= 11 is 3.22. The fraction of sp³-hybridized carbons (Fsp3) is 0.200. The molecule has 0 aromatic heterocycles. The molecule has 0 atom stereocenters. The average Bonchev–Trinajstić information content (AvgIpc) is 2.47. The number of benzene rings is 2. The normalized spacial score (nSPS) is 10.2. The SMILES string of the molecule is COc1ccc(COc2cc(OC)c(Br)cc2F)cc1. The highest BCUT2D eigenvalue weighted by molar-refractivity contribution is 9.10. The van der Waals surface area contributed by atoms with Gasteiger partial charge in [-0.3, -0.25) is 0 Å². The molecule has 0 amide bonds. The second-order valence-corrected chi connectivity index (χ2v) is 4.91. The Labute approximate surface area is 125 Å². The van der Waals surface area contributed by atoms with E-state index in [0.29, 0.717) is 10.2 Å². The minimum atomic E-state index is -0.439. The Kier molecular flexibility index (Phi) is 4.84. The highest BCUT2D eigenvalue weighted by Crippen LogP contribution is 2.32. The van der Waals surface area contributed by atoms with E-state index in [0.717, 1.165) is 11.3 Å². The molecule has 0 heterocycles. The van der Waals surface area contributed by atoms with Crippen LogP contribution in [-0.2, 0) is 6.61 Å². The van der Waals surface area contributed by atoms with Crippen LogP contribution in [0.15, 0.2) is 40.9 Å². The van der Waals surface area contributed by atoms with E-state index in [1.807, 2.05) is 24.3 Å². The summed E-state index contributed by atoms with van der Waals surface area (Å²) in [5.74, 6) is 1.01. The average molecular weight is 341 g/mol. The van der Waals surface area contributed by atoms with Gasteiger partial charge in [0.15, 0.2) is 11.6 Å². The molecule has 0 radical (unpaired) electrons. The van der Waals surface area contributed by atoms with E-state index in [9.17, 15) is 4.39 Å². The van der Waals surface area contributed by atoms with Crippen molar-refractivity contribution in [1.82, 2.24) is 0 Å².